The number of methoxy groups -OCH3 is 3. The molecule has 1 aliphatic heterocycles. The van der Waals surface area contributed by atoms with E-state index in [9.17, 15) is 18.0 Å². The number of hydrogen-bond donors (Lipinski definition) is 0. The number of rotatable bonds is 7. The van der Waals surface area contributed by atoms with E-state index in [1.54, 1.807) is 23.1 Å². The van der Waals surface area contributed by atoms with Crippen LogP contribution in [-0.4, -0.2) is 44.3 Å². The highest BCUT2D eigenvalue weighted by Gasteiger charge is 2.35. The maximum Gasteiger partial charge on any atom is 0.573 e. The molecule has 10 heteroatoms. The molecular weight excluding hydrogens is 423 g/mol. The van der Waals surface area contributed by atoms with Crippen LogP contribution in [0, 0.1) is 0 Å². The monoisotopic (exact) mass is 443 g/mol. The van der Waals surface area contributed by atoms with Gasteiger partial charge in [0, 0.05) is 6.54 Å². The third kappa shape index (κ3) is 4.86. The molecule has 0 spiro atoms. The Balaban J connectivity index is 1.89. The summed E-state index contributed by atoms with van der Waals surface area (Å²) in [5, 5.41) is -0.451. The average molecular weight is 443 g/mol. The van der Waals surface area contributed by atoms with Gasteiger partial charge in [-0.25, -0.2) is 0 Å². The molecule has 1 aliphatic rings. The summed E-state index contributed by atoms with van der Waals surface area (Å²) in [4.78, 5) is 14.1. The highest BCUT2D eigenvalue weighted by molar-refractivity contribution is 8.00. The lowest BCUT2D eigenvalue weighted by molar-refractivity contribution is -0.274. The molecule has 1 saturated heterocycles. The maximum atomic E-state index is 12.6. The standard InChI is InChI=1S/C20H20F3NO5S/c1-26-15-7-12(8-16(27-2)18(15)28-3)10-24-17(25)11-30-19(24)13-5-4-6-14(9-13)29-20(21,22)23/h4-9,19H,10-11H2,1-3H3. The Kier molecular flexibility index (Phi) is 6.55. The quantitative estimate of drug-likeness (QED) is 0.633. The second-order valence-corrected chi connectivity index (χ2v) is 7.41. The summed E-state index contributed by atoms with van der Waals surface area (Å²) in [6.07, 6.45) is -4.78. The summed E-state index contributed by atoms with van der Waals surface area (Å²) in [6.45, 7) is 0.220. The summed E-state index contributed by atoms with van der Waals surface area (Å²) in [5.74, 6) is 1.10. The topological polar surface area (TPSA) is 57.2 Å². The number of carbonyl (C=O) groups excluding carboxylic acids is 1. The highest BCUT2D eigenvalue weighted by Crippen LogP contribution is 2.43. The Morgan fingerprint density at radius 2 is 1.73 bits per heavy atom. The number of thioether (sulfide) groups is 1. The zero-order valence-corrected chi connectivity index (χ0v) is 17.3. The van der Waals surface area contributed by atoms with Crippen LogP contribution < -0.4 is 18.9 Å². The predicted molar refractivity (Wildman–Crippen MR) is 105 cm³/mol. The third-order valence-corrected chi connectivity index (χ3v) is 5.68. The third-order valence-electron chi connectivity index (χ3n) is 4.42. The Hall–Kier alpha value is -2.75. The second-order valence-electron chi connectivity index (χ2n) is 6.34. The SMILES string of the molecule is COc1cc(CN2C(=O)CSC2c2cccc(OC(F)(F)F)c2)cc(OC)c1OC. The first kappa shape index (κ1) is 21.9. The number of alkyl halides is 3. The van der Waals surface area contributed by atoms with E-state index in [4.69, 9.17) is 14.2 Å². The molecule has 1 unspecified atom stereocenters. The van der Waals surface area contributed by atoms with E-state index in [0.717, 1.165) is 5.56 Å². The van der Waals surface area contributed by atoms with Crippen molar-refractivity contribution in [1.82, 2.24) is 4.90 Å². The molecule has 0 N–H and O–H groups in total. The lowest BCUT2D eigenvalue weighted by atomic mass is 10.1. The van der Waals surface area contributed by atoms with Gasteiger partial charge in [0.2, 0.25) is 11.7 Å². The van der Waals surface area contributed by atoms with Crippen molar-refractivity contribution in [3.8, 4) is 23.0 Å². The maximum absolute atomic E-state index is 12.6. The summed E-state index contributed by atoms with van der Waals surface area (Å²) in [5.41, 5.74) is 1.27. The van der Waals surface area contributed by atoms with Gasteiger partial charge in [0.1, 0.15) is 11.1 Å². The van der Waals surface area contributed by atoms with Crippen molar-refractivity contribution in [2.75, 3.05) is 27.1 Å². The minimum atomic E-state index is -4.78. The van der Waals surface area contributed by atoms with E-state index in [1.165, 1.54) is 51.3 Å². The molecule has 0 aromatic heterocycles. The zero-order valence-electron chi connectivity index (χ0n) is 16.5. The fourth-order valence-electron chi connectivity index (χ4n) is 3.19. The van der Waals surface area contributed by atoms with Crippen molar-refractivity contribution < 1.29 is 36.9 Å². The van der Waals surface area contributed by atoms with Crippen molar-refractivity contribution in [1.29, 1.82) is 0 Å². The molecule has 1 fully saturated rings. The molecule has 2 aromatic carbocycles. The van der Waals surface area contributed by atoms with Gasteiger partial charge < -0.3 is 23.8 Å². The van der Waals surface area contributed by atoms with Crippen molar-refractivity contribution in [2.45, 2.75) is 18.3 Å². The first-order valence-electron chi connectivity index (χ1n) is 8.81. The van der Waals surface area contributed by atoms with E-state index < -0.39 is 11.7 Å². The fourth-order valence-corrected chi connectivity index (χ4v) is 4.37. The Bertz CT molecular complexity index is 897. The van der Waals surface area contributed by atoms with Gasteiger partial charge >= 0.3 is 6.36 Å². The van der Waals surface area contributed by atoms with Gasteiger partial charge in [-0.1, -0.05) is 12.1 Å². The van der Waals surface area contributed by atoms with Gasteiger partial charge in [-0.05, 0) is 35.4 Å². The van der Waals surface area contributed by atoms with Crippen molar-refractivity contribution in [2.24, 2.45) is 0 Å². The van der Waals surface area contributed by atoms with Crippen LogP contribution in [0.2, 0.25) is 0 Å². The molecule has 162 valence electrons. The van der Waals surface area contributed by atoms with E-state index in [-0.39, 0.29) is 24.0 Å². The first-order chi connectivity index (χ1) is 14.3. The zero-order chi connectivity index (χ0) is 21.9. The van der Waals surface area contributed by atoms with E-state index in [2.05, 4.69) is 4.74 Å². The largest absolute Gasteiger partial charge is 0.573 e. The van der Waals surface area contributed by atoms with Crippen LogP contribution in [0.15, 0.2) is 36.4 Å². The Morgan fingerprint density at radius 1 is 1.07 bits per heavy atom. The van der Waals surface area contributed by atoms with Gasteiger partial charge in [-0.3, -0.25) is 4.79 Å². The lowest BCUT2D eigenvalue weighted by Gasteiger charge is -2.25. The molecule has 2 aromatic rings. The summed E-state index contributed by atoms with van der Waals surface area (Å²) < 4.78 is 57.7. The number of nitrogens with zero attached hydrogens (tertiary/aromatic N) is 1. The van der Waals surface area contributed by atoms with Crippen LogP contribution >= 0.6 is 11.8 Å². The molecule has 1 atom stereocenters. The number of benzene rings is 2. The molecule has 0 bridgehead atoms. The van der Waals surface area contributed by atoms with E-state index in [0.29, 0.717) is 22.8 Å². The number of carbonyl (C=O) groups is 1. The van der Waals surface area contributed by atoms with Crippen molar-refractivity contribution >= 4 is 17.7 Å². The minimum Gasteiger partial charge on any atom is -0.493 e. The molecule has 0 radical (unpaired) electrons. The number of halogens is 3. The van der Waals surface area contributed by atoms with Crippen LogP contribution in [0.5, 0.6) is 23.0 Å². The lowest BCUT2D eigenvalue weighted by Crippen LogP contribution is -2.27. The number of hydrogen-bond acceptors (Lipinski definition) is 6. The molecule has 0 aliphatic carbocycles. The van der Waals surface area contributed by atoms with E-state index >= 15 is 0 Å². The summed E-state index contributed by atoms with van der Waals surface area (Å²) in [6, 6.07) is 9.13. The van der Waals surface area contributed by atoms with Crippen LogP contribution in [0.3, 0.4) is 0 Å². The molecule has 3 rings (SSSR count). The molecular formula is C20H20F3NO5S. The van der Waals surface area contributed by atoms with Crippen LogP contribution in [-0.2, 0) is 11.3 Å². The number of ether oxygens (including phenoxy) is 4. The van der Waals surface area contributed by atoms with Gasteiger partial charge in [0.15, 0.2) is 11.5 Å². The summed E-state index contributed by atoms with van der Waals surface area (Å²) in [7, 11) is 4.48. The fraction of sp³-hybridized carbons (Fsp3) is 0.350. The Labute approximate surface area is 175 Å². The number of amides is 1. The van der Waals surface area contributed by atoms with E-state index in [1.807, 2.05) is 0 Å². The van der Waals surface area contributed by atoms with Crippen molar-refractivity contribution in [3.63, 3.8) is 0 Å². The van der Waals surface area contributed by atoms with Crippen LogP contribution in [0.4, 0.5) is 13.2 Å². The van der Waals surface area contributed by atoms with Gasteiger partial charge in [0.05, 0.1) is 27.1 Å². The Morgan fingerprint density at radius 3 is 2.30 bits per heavy atom. The molecule has 30 heavy (non-hydrogen) atoms. The van der Waals surface area contributed by atoms with Crippen LogP contribution in [0.1, 0.15) is 16.5 Å². The molecule has 1 amide bonds. The predicted octanol–water partition coefficient (Wildman–Crippen LogP) is 4.39. The molecule has 0 saturated carbocycles. The molecule has 1 heterocycles. The van der Waals surface area contributed by atoms with Gasteiger partial charge in [-0.15, -0.1) is 24.9 Å². The average Bonchev–Trinajstić information content (AvgIpc) is 3.06. The first-order valence-corrected chi connectivity index (χ1v) is 9.86. The van der Waals surface area contributed by atoms with Crippen LogP contribution in [0.25, 0.3) is 0 Å². The van der Waals surface area contributed by atoms with Gasteiger partial charge in [0.25, 0.3) is 0 Å². The normalized spacial score (nSPS) is 16.5. The highest BCUT2D eigenvalue weighted by atomic mass is 32.2. The van der Waals surface area contributed by atoms with Gasteiger partial charge in [-0.2, -0.15) is 0 Å². The minimum absolute atomic E-state index is 0.124. The molecule has 6 nitrogen and oxygen atoms in total. The smallest absolute Gasteiger partial charge is 0.493 e. The van der Waals surface area contributed by atoms with Crippen molar-refractivity contribution in [3.05, 3.63) is 47.5 Å². The second kappa shape index (κ2) is 8.95. The summed E-state index contributed by atoms with van der Waals surface area (Å²) >= 11 is 1.34.